The molecule has 0 bridgehead atoms. The van der Waals surface area contributed by atoms with Gasteiger partial charge < -0.3 is 5.32 Å². The van der Waals surface area contributed by atoms with E-state index in [1.54, 1.807) is 0 Å². The summed E-state index contributed by atoms with van der Waals surface area (Å²) >= 11 is 7.61. The van der Waals surface area contributed by atoms with Crippen LogP contribution < -0.4 is 5.32 Å². The van der Waals surface area contributed by atoms with E-state index in [2.05, 4.69) is 22.4 Å². The molecular weight excluding hydrogens is 318 g/mol. The molecule has 3 rings (SSSR count). The number of benzene rings is 1. The van der Waals surface area contributed by atoms with Gasteiger partial charge in [0.05, 0.1) is 12.0 Å². The summed E-state index contributed by atoms with van der Waals surface area (Å²) in [6, 6.07) is 7.64. The summed E-state index contributed by atoms with van der Waals surface area (Å²) in [5, 5.41) is 13.5. The largest absolute Gasteiger partial charge is 0.349 e. The summed E-state index contributed by atoms with van der Waals surface area (Å²) in [4.78, 5) is 12.8. The first kappa shape index (κ1) is 15.4. The van der Waals surface area contributed by atoms with Gasteiger partial charge in [-0.1, -0.05) is 42.0 Å². The fourth-order valence-electron chi connectivity index (χ4n) is 3.20. The second kappa shape index (κ2) is 5.97. The van der Waals surface area contributed by atoms with E-state index in [0.29, 0.717) is 17.5 Å². The van der Waals surface area contributed by atoms with Gasteiger partial charge >= 0.3 is 0 Å². The first-order chi connectivity index (χ1) is 10.5. The van der Waals surface area contributed by atoms with Crippen molar-refractivity contribution >= 4 is 28.8 Å². The molecule has 22 heavy (non-hydrogen) atoms. The standard InChI is InChI=1S/C16H18ClN3OS/c1-10-7-16(8-10,12-4-3-5-13(17)6-12)15(21)18-9-14-20-19-11(2)22-14/h3-6,10H,7-9H2,1-2H3,(H,18,21). The topological polar surface area (TPSA) is 54.9 Å². The third-order valence-corrected chi connectivity index (χ3v) is 5.25. The maximum absolute atomic E-state index is 12.8. The number of rotatable bonds is 4. The van der Waals surface area contributed by atoms with Gasteiger partial charge in [0.15, 0.2) is 0 Å². The van der Waals surface area contributed by atoms with Crippen LogP contribution >= 0.6 is 22.9 Å². The van der Waals surface area contributed by atoms with Crippen molar-refractivity contribution in [1.29, 1.82) is 0 Å². The second-order valence-electron chi connectivity index (χ2n) is 6.00. The molecule has 0 aliphatic heterocycles. The van der Waals surface area contributed by atoms with Crippen molar-refractivity contribution in [3.8, 4) is 0 Å². The normalized spacial score (nSPS) is 23.9. The zero-order valence-corrected chi connectivity index (χ0v) is 14.2. The number of carbonyl (C=O) groups excluding carboxylic acids is 1. The minimum atomic E-state index is -0.454. The predicted molar refractivity (Wildman–Crippen MR) is 88.0 cm³/mol. The molecule has 1 N–H and O–H groups in total. The molecule has 0 spiro atoms. The Morgan fingerprint density at radius 3 is 2.82 bits per heavy atom. The summed E-state index contributed by atoms with van der Waals surface area (Å²) in [5.74, 6) is 0.606. The molecule has 4 nitrogen and oxygen atoms in total. The average Bonchev–Trinajstić information content (AvgIpc) is 2.87. The lowest BCUT2D eigenvalue weighted by Gasteiger charge is -2.45. The van der Waals surface area contributed by atoms with E-state index in [9.17, 15) is 4.79 Å². The number of carbonyl (C=O) groups is 1. The minimum absolute atomic E-state index is 0.0562. The molecule has 1 aliphatic rings. The highest BCUT2D eigenvalue weighted by atomic mass is 35.5. The van der Waals surface area contributed by atoms with Crippen LogP contribution in [0.5, 0.6) is 0 Å². The monoisotopic (exact) mass is 335 g/mol. The number of hydrogen-bond donors (Lipinski definition) is 1. The zero-order chi connectivity index (χ0) is 15.7. The molecule has 1 aromatic carbocycles. The third kappa shape index (κ3) is 2.88. The molecule has 2 aromatic rings. The van der Waals surface area contributed by atoms with Crippen molar-refractivity contribution in [1.82, 2.24) is 15.5 Å². The Morgan fingerprint density at radius 1 is 1.45 bits per heavy atom. The van der Waals surface area contributed by atoms with Gasteiger partial charge in [-0.15, -0.1) is 10.2 Å². The predicted octanol–water partition coefficient (Wildman–Crippen LogP) is 3.48. The van der Waals surface area contributed by atoms with Crippen molar-refractivity contribution in [2.24, 2.45) is 5.92 Å². The number of aromatic nitrogens is 2. The summed E-state index contributed by atoms with van der Waals surface area (Å²) in [6.07, 6.45) is 1.71. The van der Waals surface area contributed by atoms with Gasteiger partial charge in [0.1, 0.15) is 10.0 Å². The maximum Gasteiger partial charge on any atom is 0.231 e. The number of nitrogens with zero attached hydrogens (tertiary/aromatic N) is 2. The average molecular weight is 336 g/mol. The first-order valence-electron chi connectivity index (χ1n) is 7.33. The van der Waals surface area contributed by atoms with Crippen LogP contribution in [-0.4, -0.2) is 16.1 Å². The van der Waals surface area contributed by atoms with Gasteiger partial charge in [0, 0.05) is 5.02 Å². The Hall–Kier alpha value is -1.46. The molecule has 0 radical (unpaired) electrons. The Balaban J connectivity index is 1.77. The highest BCUT2D eigenvalue weighted by Crippen LogP contribution is 2.48. The van der Waals surface area contributed by atoms with Crippen molar-refractivity contribution in [2.45, 2.75) is 38.6 Å². The molecule has 0 saturated heterocycles. The molecule has 1 saturated carbocycles. The second-order valence-corrected chi connectivity index (χ2v) is 7.71. The van der Waals surface area contributed by atoms with E-state index in [-0.39, 0.29) is 5.91 Å². The SMILES string of the molecule is Cc1nnc(CNC(=O)C2(c3cccc(Cl)c3)CC(C)C2)s1. The zero-order valence-electron chi connectivity index (χ0n) is 12.6. The van der Waals surface area contributed by atoms with Crippen LogP contribution in [0, 0.1) is 12.8 Å². The van der Waals surface area contributed by atoms with E-state index >= 15 is 0 Å². The van der Waals surface area contributed by atoms with Gasteiger partial charge in [-0.05, 0) is 43.4 Å². The van der Waals surface area contributed by atoms with Crippen LogP contribution in [0.15, 0.2) is 24.3 Å². The molecular formula is C16H18ClN3OS. The van der Waals surface area contributed by atoms with E-state index in [0.717, 1.165) is 28.4 Å². The summed E-state index contributed by atoms with van der Waals surface area (Å²) in [6.45, 7) is 4.51. The molecule has 0 atom stereocenters. The van der Waals surface area contributed by atoms with Gasteiger partial charge in [0.25, 0.3) is 0 Å². The fraction of sp³-hybridized carbons (Fsp3) is 0.438. The number of hydrogen-bond acceptors (Lipinski definition) is 4. The molecule has 1 amide bonds. The van der Waals surface area contributed by atoms with Crippen LogP contribution in [0.3, 0.4) is 0 Å². The van der Waals surface area contributed by atoms with E-state index in [1.165, 1.54) is 11.3 Å². The molecule has 1 fully saturated rings. The van der Waals surface area contributed by atoms with Crippen molar-refractivity contribution in [3.63, 3.8) is 0 Å². The van der Waals surface area contributed by atoms with Crippen LogP contribution in [0.25, 0.3) is 0 Å². The molecule has 0 unspecified atom stereocenters. The lowest BCUT2D eigenvalue weighted by Crippen LogP contribution is -2.52. The minimum Gasteiger partial charge on any atom is -0.349 e. The van der Waals surface area contributed by atoms with Crippen LogP contribution in [0.4, 0.5) is 0 Å². The summed E-state index contributed by atoms with van der Waals surface area (Å²) < 4.78 is 0. The molecule has 6 heteroatoms. The number of aryl methyl sites for hydroxylation is 1. The van der Waals surface area contributed by atoms with Crippen molar-refractivity contribution in [2.75, 3.05) is 0 Å². The molecule has 1 heterocycles. The van der Waals surface area contributed by atoms with Crippen molar-refractivity contribution in [3.05, 3.63) is 44.9 Å². The Labute approximate surface area is 138 Å². The Morgan fingerprint density at radius 2 is 2.23 bits per heavy atom. The Bertz CT molecular complexity index is 694. The van der Waals surface area contributed by atoms with Gasteiger partial charge in [-0.25, -0.2) is 0 Å². The van der Waals surface area contributed by atoms with Crippen LogP contribution in [0.2, 0.25) is 5.02 Å². The number of nitrogens with one attached hydrogen (secondary N) is 1. The van der Waals surface area contributed by atoms with E-state index in [4.69, 9.17) is 11.6 Å². The summed E-state index contributed by atoms with van der Waals surface area (Å²) in [7, 11) is 0. The van der Waals surface area contributed by atoms with Gasteiger partial charge in [-0.2, -0.15) is 0 Å². The summed E-state index contributed by atoms with van der Waals surface area (Å²) in [5.41, 5.74) is 0.549. The number of amides is 1. The van der Waals surface area contributed by atoms with E-state index < -0.39 is 5.41 Å². The highest BCUT2D eigenvalue weighted by Gasteiger charge is 2.49. The molecule has 1 aliphatic carbocycles. The fourth-order valence-corrected chi connectivity index (χ4v) is 4.04. The highest BCUT2D eigenvalue weighted by molar-refractivity contribution is 7.11. The quantitative estimate of drug-likeness (QED) is 0.930. The van der Waals surface area contributed by atoms with Crippen molar-refractivity contribution < 1.29 is 4.79 Å². The third-order valence-electron chi connectivity index (χ3n) is 4.17. The lowest BCUT2D eigenvalue weighted by molar-refractivity contribution is -0.132. The number of halogens is 1. The Kier molecular flexibility index (Phi) is 4.19. The molecule has 1 aromatic heterocycles. The van der Waals surface area contributed by atoms with E-state index in [1.807, 2.05) is 31.2 Å². The van der Waals surface area contributed by atoms with Crippen LogP contribution in [0.1, 0.15) is 35.3 Å². The smallest absolute Gasteiger partial charge is 0.231 e. The first-order valence-corrected chi connectivity index (χ1v) is 8.52. The molecule has 116 valence electrons. The van der Waals surface area contributed by atoms with Crippen LogP contribution in [-0.2, 0) is 16.8 Å². The van der Waals surface area contributed by atoms with Gasteiger partial charge in [0.2, 0.25) is 5.91 Å². The lowest BCUT2D eigenvalue weighted by atomic mass is 9.58. The van der Waals surface area contributed by atoms with Gasteiger partial charge in [-0.3, -0.25) is 4.79 Å². The maximum atomic E-state index is 12.8.